The molecule has 15 heavy (non-hydrogen) atoms. The van der Waals surface area contributed by atoms with Crippen LogP contribution in [0.25, 0.3) is 0 Å². The van der Waals surface area contributed by atoms with Gasteiger partial charge in [0.2, 0.25) is 0 Å². The van der Waals surface area contributed by atoms with E-state index >= 15 is 0 Å². The minimum atomic E-state index is 0.0259. The van der Waals surface area contributed by atoms with Crippen LogP contribution >= 0.6 is 0 Å². The van der Waals surface area contributed by atoms with Gasteiger partial charge in [0.25, 0.3) is 0 Å². The zero-order valence-corrected chi connectivity index (χ0v) is 9.64. The molecule has 0 saturated heterocycles. The van der Waals surface area contributed by atoms with E-state index in [9.17, 15) is 0 Å². The van der Waals surface area contributed by atoms with Gasteiger partial charge in [-0.1, -0.05) is 0 Å². The number of ether oxygens (including phenoxy) is 1. The van der Waals surface area contributed by atoms with Gasteiger partial charge in [-0.3, -0.25) is 4.90 Å². The molecule has 4 heteroatoms. The van der Waals surface area contributed by atoms with Crippen LogP contribution < -0.4 is 5.73 Å². The van der Waals surface area contributed by atoms with Crippen molar-refractivity contribution in [3.63, 3.8) is 0 Å². The Labute approximate surface area is 91.0 Å². The minimum absolute atomic E-state index is 0.0259. The van der Waals surface area contributed by atoms with Gasteiger partial charge in [-0.2, -0.15) is 0 Å². The summed E-state index contributed by atoms with van der Waals surface area (Å²) >= 11 is 0. The maximum absolute atomic E-state index is 5.96. The number of hydrogen-bond donors (Lipinski definition) is 1. The summed E-state index contributed by atoms with van der Waals surface area (Å²) < 4.78 is 10.4. The number of rotatable bonds is 6. The largest absolute Gasteiger partial charge is 0.468 e. The van der Waals surface area contributed by atoms with Gasteiger partial charge >= 0.3 is 0 Å². The molecule has 0 radical (unpaired) electrons. The fourth-order valence-electron chi connectivity index (χ4n) is 1.71. The number of methoxy groups -OCH3 is 1. The van der Waals surface area contributed by atoms with Crippen LogP contribution in [0.2, 0.25) is 0 Å². The van der Waals surface area contributed by atoms with Crippen molar-refractivity contribution < 1.29 is 9.15 Å². The first-order valence-corrected chi connectivity index (χ1v) is 5.15. The van der Waals surface area contributed by atoms with Crippen LogP contribution in [0.5, 0.6) is 0 Å². The fraction of sp³-hybridized carbons (Fsp3) is 0.636. The van der Waals surface area contributed by atoms with Gasteiger partial charge in [0, 0.05) is 19.7 Å². The summed E-state index contributed by atoms with van der Waals surface area (Å²) in [5.41, 5.74) is 5.96. The average molecular weight is 212 g/mol. The molecule has 0 spiro atoms. The summed E-state index contributed by atoms with van der Waals surface area (Å²) in [5, 5.41) is 0. The van der Waals surface area contributed by atoms with Gasteiger partial charge in [0.1, 0.15) is 5.76 Å². The second kappa shape index (κ2) is 5.90. The van der Waals surface area contributed by atoms with E-state index in [0.29, 0.717) is 6.61 Å². The lowest BCUT2D eigenvalue weighted by molar-refractivity contribution is 0.122. The van der Waals surface area contributed by atoms with Gasteiger partial charge in [-0.15, -0.1) is 0 Å². The number of nitrogens with two attached hydrogens (primary N) is 1. The lowest BCUT2D eigenvalue weighted by atomic mass is 10.1. The smallest absolute Gasteiger partial charge is 0.122 e. The molecular formula is C11H20N2O2. The van der Waals surface area contributed by atoms with Crippen molar-refractivity contribution in [1.29, 1.82) is 0 Å². The summed E-state index contributed by atoms with van der Waals surface area (Å²) in [4.78, 5) is 2.15. The highest BCUT2D eigenvalue weighted by atomic mass is 16.5. The predicted octanol–water partition coefficient (Wildman–Crippen LogP) is 1.25. The molecule has 86 valence electrons. The van der Waals surface area contributed by atoms with E-state index in [2.05, 4.69) is 4.90 Å². The number of likely N-dealkylation sites (N-methyl/N-ethyl adjacent to an activating group) is 1. The molecule has 1 aromatic rings. The SMILES string of the molecule is COCCN(C)C(c1ccco1)C(C)N. The molecule has 2 unspecified atom stereocenters. The maximum Gasteiger partial charge on any atom is 0.122 e. The molecule has 1 heterocycles. The molecule has 0 fully saturated rings. The predicted molar refractivity (Wildman–Crippen MR) is 59.6 cm³/mol. The molecule has 0 aliphatic rings. The summed E-state index contributed by atoms with van der Waals surface area (Å²) in [6.07, 6.45) is 1.68. The van der Waals surface area contributed by atoms with Crippen LogP contribution in [-0.4, -0.2) is 38.3 Å². The van der Waals surface area contributed by atoms with E-state index < -0.39 is 0 Å². The van der Waals surface area contributed by atoms with E-state index in [4.69, 9.17) is 14.9 Å². The summed E-state index contributed by atoms with van der Waals surface area (Å²) in [6.45, 7) is 3.51. The summed E-state index contributed by atoms with van der Waals surface area (Å²) in [7, 11) is 3.72. The van der Waals surface area contributed by atoms with Crippen molar-refractivity contribution in [1.82, 2.24) is 4.90 Å². The third-order valence-corrected chi connectivity index (χ3v) is 2.46. The van der Waals surface area contributed by atoms with Crippen LogP contribution in [0, 0.1) is 0 Å². The third kappa shape index (κ3) is 3.34. The molecule has 0 aromatic carbocycles. The first-order chi connectivity index (χ1) is 7.16. The molecule has 1 aromatic heterocycles. The van der Waals surface area contributed by atoms with Gasteiger partial charge in [-0.25, -0.2) is 0 Å². The number of nitrogens with zero attached hydrogens (tertiary/aromatic N) is 1. The van der Waals surface area contributed by atoms with E-state index in [1.54, 1.807) is 13.4 Å². The zero-order chi connectivity index (χ0) is 11.3. The average Bonchev–Trinajstić information content (AvgIpc) is 2.67. The Morgan fingerprint density at radius 3 is 2.80 bits per heavy atom. The standard InChI is InChI=1S/C11H20N2O2/c1-9(12)11(10-5-4-7-15-10)13(2)6-8-14-3/h4-5,7,9,11H,6,8,12H2,1-3H3. The Kier molecular flexibility index (Phi) is 4.81. The molecule has 0 amide bonds. The Morgan fingerprint density at radius 2 is 2.33 bits per heavy atom. The summed E-state index contributed by atoms with van der Waals surface area (Å²) in [5.74, 6) is 0.906. The van der Waals surface area contributed by atoms with Crippen LogP contribution in [0.15, 0.2) is 22.8 Å². The van der Waals surface area contributed by atoms with Crippen LogP contribution in [-0.2, 0) is 4.74 Å². The number of furan rings is 1. The van der Waals surface area contributed by atoms with E-state index in [0.717, 1.165) is 12.3 Å². The Hall–Kier alpha value is -0.840. The molecule has 0 saturated carbocycles. The van der Waals surface area contributed by atoms with Crippen molar-refractivity contribution in [2.24, 2.45) is 5.73 Å². The van der Waals surface area contributed by atoms with Gasteiger partial charge in [0.15, 0.2) is 0 Å². The molecule has 0 bridgehead atoms. The molecular weight excluding hydrogens is 192 g/mol. The van der Waals surface area contributed by atoms with Gasteiger partial charge in [-0.05, 0) is 26.1 Å². The Balaban J connectivity index is 2.66. The lowest BCUT2D eigenvalue weighted by Gasteiger charge is -2.29. The molecule has 0 aliphatic carbocycles. The van der Waals surface area contributed by atoms with Crippen LogP contribution in [0.4, 0.5) is 0 Å². The molecule has 0 aliphatic heterocycles. The zero-order valence-electron chi connectivity index (χ0n) is 9.64. The van der Waals surface area contributed by atoms with Crippen molar-refractivity contribution in [3.05, 3.63) is 24.2 Å². The van der Waals surface area contributed by atoms with Crippen LogP contribution in [0.1, 0.15) is 18.7 Å². The fourth-order valence-corrected chi connectivity index (χ4v) is 1.71. The third-order valence-electron chi connectivity index (χ3n) is 2.46. The lowest BCUT2D eigenvalue weighted by Crippen LogP contribution is -2.38. The van der Waals surface area contributed by atoms with Crippen molar-refractivity contribution in [3.8, 4) is 0 Å². The first kappa shape index (κ1) is 12.2. The Morgan fingerprint density at radius 1 is 1.60 bits per heavy atom. The molecule has 2 atom stereocenters. The first-order valence-electron chi connectivity index (χ1n) is 5.15. The van der Waals surface area contributed by atoms with E-state index in [-0.39, 0.29) is 12.1 Å². The monoisotopic (exact) mass is 212 g/mol. The van der Waals surface area contributed by atoms with Gasteiger partial charge < -0.3 is 14.9 Å². The maximum atomic E-state index is 5.96. The molecule has 2 N–H and O–H groups in total. The minimum Gasteiger partial charge on any atom is -0.468 e. The normalized spacial score (nSPS) is 15.5. The van der Waals surface area contributed by atoms with E-state index in [1.165, 1.54) is 0 Å². The second-order valence-corrected chi connectivity index (χ2v) is 3.79. The van der Waals surface area contributed by atoms with Crippen molar-refractivity contribution >= 4 is 0 Å². The van der Waals surface area contributed by atoms with Crippen molar-refractivity contribution in [2.45, 2.75) is 19.0 Å². The molecule has 1 rings (SSSR count). The quantitative estimate of drug-likeness (QED) is 0.771. The Bertz CT molecular complexity index is 260. The molecule has 4 nitrogen and oxygen atoms in total. The highest BCUT2D eigenvalue weighted by Crippen LogP contribution is 2.22. The van der Waals surface area contributed by atoms with Crippen LogP contribution in [0.3, 0.4) is 0 Å². The van der Waals surface area contributed by atoms with Crippen molar-refractivity contribution in [2.75, 3.05) is 27.3 Å². The second-order valence-electron chi connectivity index (χ2n) is 3.79. The number of hydrogen-bond acceptors (Lipinski definition) is 4. The van der Waals surface area contributed by atoms with E-state index in [1.807, 2.05) is 26.1 Å². The highest BCUT2D eigenvalue weighted by Gasteiger charge is 2.23. The topological polar surface area (TPSA) is 51.6 Å². The highest BCUT2D eigenvalue weighted by molar-refractivity contribution is 5.07. The van der Waals surface area contributed by atoms with Gasteiger partial charge in [0.05, 0.1) is 18.9 Å². The summed E-state index contributed by atoms with van der Waals surface area (Å²) in [6, 6.07) is 3.97.